The van der Waals surface area contributed by atoms with Crippen LogP contribution in [0.5, 0.6) is 5.75 Å². The highest BCUT2D eigenvalue weighted by Crippen LogP contribution is 2.46. The lowest BCUT2D eigenvalue weighted by atomic mass is 9.85. The smallest absolute Gasteiger partial charge is 0.224 e. The van der Waals surface area contributed by atoms with Gasteiger partial charge in [-0.05, 0) is 38.8 Å². The van der Waals surface area contributed by atoms with E-state index in [0.29, 0.717) is 6.54 Å². The molecule has 1 aromatic rings. The van der Waals surface area contributed by atoms with Gasteiger partial charge in [0.25, 0.3) is 0 Å². The average molecular weight is 302 g/mol. The number of nitrogens with one attached hydrogen (secondary N) is 2. The van der Waals surface area contributed by atoms with Crippen LogP contribution < -0.4 is 15.4 Å². The quantitative estimate of drug-likeness (QED) is 0.899. The van der Waals surface area contributed by atoms with Gasteiger partial charge in [0.2, 0.25) is 5.91 Å². The van der Waals surface area contributed by atoms with Crippen molar-refractivity contribution in [2.75, 3.05) is 13.6 Å². The zero-order chi connectivity index (χ0) is 15.6. The highest BCUT2D eigenvalue weighted by molar-refractivity contribution is 5.79. The van der Waals surface area contributed by atoms with Crippen molar-refractivity contribution in [3.05, 3.63) is 29.8 Å². The van der Waals surface area contributed by atoms with Crippen LogP contribution in [0.4, 0.5) is 0 Å². The summed E-state index contributed by atoms with van der Waals surface area (Å²) in [5, 5.41) is 6.32. The molecular formula is C18H26N2O2. The molecule has 0 bridgehead atoms. The van der Waals surface area contributed by atoms with Gasteiger partial charge in [-0.3, -0.25) is 4.79 Å². The Kier molecular flexibility index (Phi) is 4.39. The van der Waals surface area contributed by atoms with Crippen LogP contribution in [-0.4, -0.2) is 25.1 Å². The van der Waals surface area contributed by atoms with Crippen LogP contribution in [0.1, 0.15) is 50.6 Å². The van der Waals surface area contributed by atoms with Gasteiger partial charge in [0.05, 0.1) is 6.04 Å². The maximum atomic E-state index is 12.4. The number of hydrogen-bond donors (Lipinski definition) is 2. The molecule has 4 nitrogen and oxygen atoms in total. The van der Waals surface area contributed by atoms with E-state index in [0.717, 1.165) is 30.6 Å². The minimum atomic E-state index is -0.0709. The fraction of sp³-hybridized carbons (Fsp3) is 0.611. The molecule has 0 aromatic heterocycles. The monoisotopic (exact) mass is 302 g/mol. The molecule has 22 heavy (non-hydrogen) atoms. The summed E-state index contributed by atoms with van der Waals surface area (Å²) in [6.07, 6.45) is 5.53. The molecule has 1 spiro atoms. The molecular weight excluding hydrogens is 276 g/mol. The van der Waals surface area contributed by atoms with Crippen molar-refractivity contribution in [1.82, 2.24) is 10.6 Å². The first-order chi connectivity index (χ1) is 10.6. The Labute approximate surface area is 132 Å². The average Bonchev–Trinajstić information content (AvgIpc) is 2.95. The molecule has 120 valence electrons. The van der Waals surface area contributed by atoms with Crippen molar-refractivity contribution in [2.24, 2.45) is 5.92 Å². The van der Waals surface area contributed by atoms with Crippen molar-refractivity contribution in [2.45, 2.75) is 50.7 Å². The van der Waals surface area contributed by atoms with Crippen LogP contribution in [0.3, 0.4) is 0 Å². The van der Waals surface area contributed by atoms with Crippen LogP contribution in [0.15, 0.2) is 24.3 Å². The van der Waals surface area contributed by atoms with Gasteiger partial charge in [0, 0.05) is 24.4 Å². The number of para-hydroxylation sites is 1. The van der Waals surface area contributed by atoms with Crippen molar-refractivity contribution >= 4 is 5.91 Å². The predicted molar refractivity (Wildman–Crippen MR) is 86.9 cm³/mol. The normalized spacial score (nSPS) is 23.6. The van der Waals surface area contributed by atoms with Crippen LogP contribution >= 0.6 is 0 Å². The van der Waals surface area contributed by atoms with Gasteiger partial charge in [-0.1, -0.05) is 25.1 Å². The summed E-state index contributed by atoms with van der Waals surface area (Å²) in [5.74, 6) is 1.03. The summed E-state index contributed by atoms with van der Waals surface area (Å²) >= 11 is 0. The van der Waals surface area contributed by atoms with E-state index in [1.807, 2.05) is 32.2 Å². The van der Waals surface area contributed by atoms with Crippen molar-refractivity contribution in [1.29, 1.82) is 0 Å². The number of carbonyl (C=O) groups excluding carboxylic acids is 1. The zero-order valence-corrected chi connectivity index (χ0v) is 13.5. The third kappa shape index (κ3) is 2.98. The zero-order valence-electron chi connectivity index (χ0n) is 13.5. The lowest BCUT2D eigenvalue weighted by Crippen LogP contribution is -2.45. The van der Waals surface area contributed by atoms with Crippen molar-refractivity contribution in [3.8, 4) is 5.75 Å². The van der Waals surface area contributed by atoms with Gasteiger partial charge in [0.15, 0.2) is 0 Å². The van der Waals surface area contributed by atoms with Crippen LogP contribution in [0.25, 0.3) is 0 Å². The second-order valence-corrected chi connectivity index (χ2v) is 6.75. The second kappa shape index (κ2) is 6.29. The fourth-order valence-electron chi connectivity index (χ4n) is 3.79. The SMILES string of the molecule is CNCC(C)C(=O)NC1CC2(CCCC2)Oc2ccccc21. The molecule has 1 aliphatic heterocycles. The minimum Gasteiger partial charge on any atom is -0.487 e. The number of amides is 1. The fourth-order valence-corrected chi connectivity index (χ4v) is 3.79. The first kappa shape index (κ1) is 15.3. The molecule has 0 radical (unpaired) electrons. The van der Waals surface area contributed by atoms with E-state index in [-0.39, 0.29) is 23.5 Å². The van der Waals surface area contributed by atoms with E-state index in [2.05, 4.69) is 16.7 Å². The number of hydrogen-bond acceptors (Lipinski definition) is 3. The Morgan fingerprint density at radius 2 is 2.09 bits per heavy atom. The summed E-state index contributed by atoms with van der Waals surface area (Å²) in [4.78, 5) is 12.4. The van der Waals surface area contributed by atoms with Gasteiger partial charge >= 0.3 is 0 Å². The molecule has 2 atom stereocenters. The summed E-state index contributed by atoms with van der Waals surface area (Å²) in [5.41, 5.74) is 1.04. The predicted octanol–water partition coefficient (Wildman–Crippen LogP) is 2.79. The van der Waals surface area contributed by atoms with E-state index in [9.17, 15) is 4.79 Å². The van der Waals surface area contributed by atoms with Gasteiger partial charge in [-0.15, -0.1) is 0 Å². The standard InChI is InChI=1S/C18H26N2O2/c1-13(12-19-2)17(21)20-15-11-18(9-5-6-10-18)22-16-8-4-3-7-14(15)16/h3-4,7-8,13,15,19H,5-6,9-12H2,1-2H3,(H,20,21). The molecule has 1 aromatic carbocycles. The third-order valence-electron chi connectivity index (χ3n) is 4.99. The number of ether oxygens (including phenoxy) is 1. The first-order valence-corrected chi connectivity index (χ1v) is 8.36. The summed E-state index contributed by atoms with van der Waals surface area (Å²) in [6, 6.07) is 8.20. The molecule has 1 fully saturated rings. The largest absolute Gasteiger partial charge is 0.487 e. The number of fused-ring (bicyclic) bond motifs is 1. The Hall–Kier alpha value is -1.55. The van der Waals surface area contributed by atoms with E-state index >= 15 is 0 Å². The Morgan fingerprint density at radius 3 is 2.82 bits per heavy atom. The van der Waals surface area contributed by atoms with Gasteiger partial charge in [-0.25, -0.2) is 0 Å². The van der Waals surface area contributed by atoms with E-state index in [1.54, 1.807) is 0 Å². The topological polar surface area (TPSA) is 50.4 Å². The lowest BCUT2D eigenvalue weighted by molar-refractivity contribution is -0.125. The highest BCUT2D eigenvalue weighted by atomic mass is 16.5. The number of carbonyl (C=O) groups is 1. The third-order valence-corrected chi connectivity index (χ3v) is 4.99. The van der Waals surface area contributed by atoms with Gasteiger partial charge in [0.1, 0.15) is 11.4 Å². The summed E-state index contributed by atoms with van der Waals surface area (Å²) in [6.45, 7) is 2.66. The van der Waals surface area contributed by atoms with E-state index in [1.165, 1.54) is 12.8 Å². The summed E-state index contributed by atoms with van der Waals surface area (Å²) < 4.78 is 6.34. The van der Waals surface area contributed by atoms with Crippen molar-refractivity contribution < 1.29 is 9.53 Å². The molecule has 1 aliphatic carbocycles. The molecule has 1 saturated carbocycles. The molecule has 0 saturated heterocycles. The second-order valence-electron chi connectivity index (χ2n) is 6.75. The Morgan fingerprint density at radius 1 is 1.36 bits per heavy atom. The number of benzene rings is 1. The molecule has 1 heterocycles. The number of rotatable bonds is 4. The van der Waals surface area contributed by atoms with Crippen molar-refractivity contribution in [3.63, 3.8) is 0 Å². The van der Waals surface area contributed by atoms with Gasteiger partial charge in [-0.2, -0.15) is 0 Å². The Balaban J connectivity index is 1.81. The molecule has 1 amide bonds. The Bertz CT molecular complexity index is 538. The van der Waals surface area contributed by atoms with Crippen LogP contribution in [0.2, 0.25) is 0 Å². The molecule has 2 unspecified atom stereocenters. The van der Waals surface area contributed by atoms with E-state index < -0.39 is 0 Å². The van der Waals surface area contributed by atoms with E-state index in [4.69, 9.17) is 4.74 Å². The summed E-state index contributed by atoms with van der Waals surface area (Å²) in [7, 11) is 1.88. The minimum absolute atomic E-state index is 0.0282. The molecule has 4 heteroatoms. The van der Waals surface area contributed by atoms with Crippen LogP contribution in [-0.2, 0) is 4.79 Å². The maximum Gasteiger partial charge on any atom is 0.224 e. The molecule has 3 rings (SSSR count). The van der Waals surface area contributed by atoms with Gasteiger partial charge < -0.3 is 15.4 Å². The first-order valence-electron chi connectivity index (χ1n) is 8.36. The molecule has 2 aliphatic rings. The maximum absolute atomic E-state index is 12.4. The lowest BCUT2D eigenvalue weighted by Gasteiger charge is -2.40. The highest BCUT2D eigenvalue weighted by Gasteiger charge is 2.43. The molecule has 2 N–H and O–H groups in total. The van der Waals surface area contributed by atoms with Crippen LogP contribution in [0, 0.1) is 5.92 Å².